The van der Waals surface area contributed by atoms with E-state index in [0.29, 0.717) is 29.9 Å². The molecule has 1 aliphatic carbocycles. The van der Waals surface area contributed by atoms with E-state index in [9.17, 15) is 9.59 Å². The number of rotatable bonds is 5. The number of ether oxygens (including phenoxy) is 2. The van der Waals surface area contributed by atoms with Crippen molar-refractivity contribution in [3.05, 3.63) is 77.0 Å². The molecule has 31 heavy (non-hydrogen) atoms. The highest BCUT2D eigenvalue weighted by molar-refractivity contribution is 6.09. The van der Waals surface area contributed by atoms with Crippen LogP contribution in [0.4, 0.5) is 0 Å². The Kier molecular flexibility index (Phi) is 6.03. The lowest BCUT2D eigenvalue weighted by molar-refractivity contribution is -0.146. The molecule has 2 aromatic carbocycles. The standard InChI is InChI=1S/C26H27NO4/c1-4-31-26(29)23-16(2)27-21-14-19(17-9-6-5-7-10-17)15-22(28)25(21)24(23)18-11-8-12-20(13-18)30-3/h5-13,19,23-24H,4,14-15H2,1-3H3/t19-,23?,24+/m0/s1. The van der Waals surface area contributed by atoms with E-state index in [1.165, 1.54) is 0 Å². The number of esters is 1. The molecule has 0 N–H and O–H groups in total. The summed E-state index contributed by atoms with van der Waals surface area (Å²) < 4.78 is 10.8. The average Bonchev–Trinajstić information content (AvgIpc) is 2.78. The van der Waals surface area contributed by atoms with Gasteiger partial charge in [-0.05, 0) is 49.4 Å². The molecule has 0 bridgehead atoms. The first-order valence-corrected chi connectivity index (χ1v) is 10.7. The molecule has 1 unspecified atom stereocenters. The first-order valence-electron chi connectivity index (χ1n) is 10.7. The van der Waals surface area contributed by atoms with Crippen LogP contribution in [0.1, 0.15) is 49.7 Å². The molecule has 2 aliphatic rings. The Morgan fingerprint density at radius 2 is 1.81 bits per heavy atom. The van der Waals surface area contributed by atoms with Gasteiger partial charge < -0.3 is 9.47 Å². The first kappa shape index (κ1) is 21.0. The van der Waals surface area contributed by atoms with Crippen LogP contribution in [0.3, 0.4) is 0 Å². The van der Waals surface area contributed by atoms with Crippen molar-refractivity contribution in [2.45, 2.75) is 38.5 Å². The molecule has 0 saturated heterocycles. The number of aliphatic imine (C=N–C) groups is 1. The van der Waals surface area contributed by atoms with Gasteiger partial charge in [-0.2, -0.15) is 0 Å². The van der Waals surface area contributed by atoms with Crippen LogP contribution < -0.4 is 4.74 Å². The van der Waals surface area contributed by atoms with Gasteiger partial charge in [-0.15, -0.1) is 0 Å². The van der Waals surface area contributed by atoms with Gasteiger partial charge in [0.2, 0.25) is 0 Å². The number of Topliss-reactive ketones (excluding diaryl/α,β-unsaturated/α-hetero) is 1. The Bertz CT molecular complexity index is 1050. The van der Waals surface area contributed by atoms with Gasteiger partial charge in [-0.3, -0.25) is 14.6 Å². The maximum Gasteiger partial charge on any atom is 0.315 e. The number of methoxy groups -OCH3 is 1. The summed E-state index contributed by atoms with van der Waals surface area (Å²) in [6, 6.07) is 17.7. The van der Waals surface area contributed by atoms with Crippen molar-refractivity contribution in [2.75, 3.05) is 13.7 Å². The number of carbonyl (C=O) groups is 2. The van der Waals surface area contributed by atoms with Crippen LogP contribution in [-0.2, 0) is 14.3 Å². The molecule has 0 fully saturated rings. The molecule has 1 heterocycles. The minimum atomic E-state index is -0.622. The molecule has 0 saturated carbocycles. The summed E-state index contributed by atoms with van der Waals surface area (Å²) >= 11 is 0. The third kappa shape index (κ3) is 4.05. The number of allylic oxidation sites excluding steroid dienone is 2. The molecule has 160 valence electrons. The van der Waals surface area contributed by atoms with Crippen LogP contribution in [0.25, 0.3) is 0 Å². The first-order chi connectivity index (χ1) is 15.0. The van der Waals surface area contributed by atoms with Crippen LogP contribution in [-0.4, -0.2) is 31.2 Å². The van der Waals surface area contributed by atoms with Crippen LogP contribution in [0.5, 0.6) is 5.75 Å². The minimum Gasteiger partial charge on any atom is -0.497 e. The zero-order valence-electron chi connectivity index (χ0n) is 18.1. The van der Waals surface area contributed by atoms with E-state index in [-0.39, 0.29) is 24.3 Å². The van der Waals surface area contributed by atoms with E-state index >= 15 is 0 Å². The molecule has 0 aromatic heterocycles. The largest absolute Gasteiger partial charge is 0.497 e. The van der Waals surface area contributed by atoms with Gasteiger partial charge in [0.1, 0.15) is 11.7 Å². The second-order valence-electron chi connectivity index (χ2n) is 8.04. The van der Waals surface area contributed by atoms with Crippen molar-refractivity contribution >= 4 is 17.5 Å². The lowest BCUT2D eigenvalue weighted by Gasteiger charge is -2.36. The average molecular weight is 418 g/mol. The Hall–Kier alpha value is -3.21. The SMILES string of the molecule is CCOC(=O)C1C(C)=NC2=C(C(=O)C[C@@H](c3ccccc3)C2)[C@@H]1c1cccc(OC)c1. The number of carbonyl (C=O) groups excluding carboxylic acids is 2. The predicted octanol–water partition coefficient (Wildman–Crippen LogP) is 4.83. The van der Waals surface area contributed by atoms with Crippen molar-refractivity contribution in [1.29, 1.82) is 0 Å². The fourth-order valence-corrected chi connectivity index (χ4v) is 4.75. The van der Waals surface area contributed by atoms with E-state index in [1.807, 2.05) is 49.4 Å². The second kappa shape index (κ2) is 8.88. The van der Waals surface area contributed by atoms with Gasteiger partial charge in [-0.1, -0.05) is 42.5 Å². The molecular formula is C26H27NO4. The van der Waals surface area contributed by atoms with E-state index in [2.05, 4.69) is 12.1 Å². The Morgan fingerprint density at radius 1 is 1.06 bits per heavy atom. The van der Waals surface area contributed by atoms with Crippen molar-refractivity contribution in [3.63, 3.8) is 0 Å². The molecule has 5 nitrogen and oxygen atoms in total. The summed E-state index contributed by atoms with van der Waals surface area (Å²) in [5.74, 6) is -0.564. The van der Waals surface area contributed by atoms with E-state index in [4.69, 9.17) is 14.5 Å². The van der Waals surface area contributed by atoms with Crippen LogP contribution >= 0.6 is 0 Å². The summed E-state index contributed by atoms with van der Waals surface area (Å²) in [4.78, 5) is 31.2. The molecular weight excluding hydrogens is 390 g/mol. The fourth-order valence-electron chi connectivity index (χ4n) is 4.75. The topological polar surface area (TPSA) is 65.0 Å². The fraction of sp³-hybridized carbons (Fsp3) is 0.346. The highest BCUT2D eigenvalue weighted by Gasteiger charge is 2.44. The summed E-state index contributed by atoms with van der Waals surface area (Å²) in [5.41, 5.74) is 4.12. The maximum absolute atomic E-state index is 13.5. The molecule has 0 amide bonds. The predicted molar refractivity (Wildman–Crippen MR) is 119 cm³/mol. The molecule has 3 atom stereocenters. The smallest absolute Gasteiger partial charge is 0.315 e. The summed E-state index contributed by atoms with van der Waals surface area (Å²) in [7, 11) is 1.61. The summed E-state index contributed by atoms with van der Waals surface area (Å²) in [6.07, 6.45) is 1.09. The number of hydrogen-bond acceptors (Lipinski definition) is 5. The summed E-state index contributed by atoms with van der Waals surface area (Å²) in [5, 5.41) is 0. The lowest BCUT2D eigenvalue weighted by Crippen LogP contribution is -2.38. The van der Waals surface area contributed by atoms with Gasteiger partial charge >= 0.3 is 5.97 Å². The van der Waals surface area contributed by atoms with Crippen LogP contribution in [0.2, 0.25) is 0 Å². The molecule has 5 heteroatoms. The Morgan fingerprint density at radius 3 is 2.52 bits per heavy atom. The second-order valence-corrected chi connectivity index (χ2v) is 8.04. The monoisotopic (exact) mass is 417 g/mol. The number of ketones is 1. The zero-order chi connectivity index (χ0) is 22.0. The zero-order valence-corrected chi connectivity index (χ0v) is 18.1. The van der Waals surface area contributed by atoms with Gasteiger partial charge in [0.25, 0.3) is 0 Å². The number of hydrogen-bond donors (Lipinski definition) is 0. The normalized spacial score (nSPS) is 23.1. The van der Waals surface area contributed by atoms with Gasteiger partial charge in [0, 0.05) is 29.3 Å². The third-order valence-electron chi connectivity index (χ3n) is 6.15. The molecule has 1 aliphatic heterocycles. The van der Waals surface area contributed by atoms with Crippen molar-refractivity contribution in [2.24, 2.45) is 10.9 Å². The Balaban J connectivity index is 1.81. The molecule has 2 aromatic rings. The Labute approximate surface area is 182 Å². The minimum absolute atomic E-state index is 0.0495. The highest BCUT2D eigenvalue weighted by atomic mass is 16.5. The lowest BCUT2D eigenvalue weighted by atomic mass is 9.69. The van der Waals surface area contributed by atoms with Crippen molar-refractivity contribution in [1.82, 2.24) is 0 Å². The third-order valence-corrected chi connectivity index (χ3v) is 6.15. The van der Waals surface area contributed by atoms with E-state index < -0.39 is 11.8 Å². The quantitative estimate of drug-likeness (QED) is 0.654. The molecule has 0 radical (unpaired) electrons. The van der Waals surface area contributed by atoms with Crippen molar-refractivity contribution in [3.8, 4) is 5.75 Å². The van der Waals surface area contributed by atoms with Gasteiger partial charge in [0.15, 0.2) is 5.78 Å². The van der Waals surface area contributed by atoms with E-state index in [1.54, 1.807) is 14.0 Å². The molecule has 0 spiro atoms. The summed E-state index contributed by atoms with van der Waals surface area (Å²) in [6.45, 7) is 3.92. The van der Waals surface area contributed by atoms with Crippen LogP contribution in [0.15, 0.2) is 70.9 Å². The maximum atomic E-state index is 13.5. The van der Waals surface area contributed by atoms with Gasteiger partial charge in [-0.25, -0.2) is 0 Å². The number of benzene rings is 2. The molecule has 4 rings (SSSR count). The van der Waals surface area contributed by atoms with Gasteiger partial charge in [0.05, 0.1) is 13.7 Å². The highest BCUT2D eigenvalue weighted by Crippen LogP contribution is 2.47. The van der Waals surface area contributed by atoms with Crippen LogP contribution in [0, 0.1) is 5.92 Å². The van der Waals surface area contributed by atoms with Crippen molar-refractivity contribution < 1.29 is 19.1 Å². The number of nitrogens with zero attached hydrogens (tertiary/aromatic N) is 1. The van der Waals surface area contributed by atoms with E-state index in [0.717, 1.165) is 16.8 Å².